The minimum atomic E-state index is -0.566. The number of rotatable bonds is 3. The summed E-state index contributed by atoms with van der Waals surface area (Å²) in [7, 11) is 0. The van der Waals surface area contributed by atoms with Crippen LogP contribution in [0.3, 0.4) is 0 Å². The third kappa shape index (κ3) is 1.80. The normalized spacial score (nSPS) is 12.1. The van der Waals surface area contributed by atoms with Crippen LogP contribution in [0.5, 0.6) is 0 Å². The molecule has 0 aromatic heterocycles. The van der Waals surface area contributed by atoms with E-state index in [1.54, 1.807) is 0 Å². The zero-order chi connectivity index (χ0) is 8.97. The molecule has 0 saturated carbocycles. The molecule has 0 heterocycles. The molecule has 1 rings (SSSR count). The molecular formula is C10H11NO. The van der Waals surface area contributed by atoms with E-state index in [0.717, 1.165) is 5.56 Å². The second kappa shape index (κ2) is 3.83. The van der Waals surface area contributed by atoms with E-state index in [1.165, 1.54) is 6.08 Å². The first-order chi connectivity index (χ1) is 5.75. The second-order valence-corrected chi connectivity index (χ2v) is 2.49. The first kappa shape index (κ1) is 8.68. The quantitative estimate of drug-likeness (QED) is 0.681. The van der Waals surface area contributed by atoms with E-state index in [0.29, 0.717) is 0 Å². The molecule has 2 nitrogen and oxygen atoms in total. The highest BCUT2D eigenvalue weighted by molar-refractivity contribution is 5.94. The Morgan fingerprint density at radius 3 is 2.50 bits per heavy atom. The van der Waals surface area contributed by atoms with Crippen molar-refractivity contribution in [2.75, 3.05) is 0 Å². The fourth-order valence-electron chi connectivity index (χ4n) is 0.952. The summed E-state index contributed by atoms with van der Waals surface area (Å²) in [6, 6.07) is 8.67. The van der Waals surface area contributed by atoms with Gasteiger partial charge in [-0.25, -0.2) is 0 Å². The number of carbonyl (C=O) groups excluding carboxylic acids is 1. The van der Waals surface area contributed by atoms with Crippen molar-refractivity contribution < 1.29 is 4.79 Å². The van der Waals surface area contributed by atoms with Gasteiger partial charge in [0.2, 0.25) is 0 Å². The van der Waals surface area contributed by atoms with Crippen molar-refractivity contribution in [3.8, 4) is 0 Å². The summed E-state index contributed by atoms with van der Waals surface area (Å²) in [5.74, 6) is -0.152. The lowest BCUT2D eigenvalue weighted by Gasteiger charge is -2.06. The van der Waals surface area contributed by atoms with Crippen LogP contribution in [0.15, 0.2) is 43.0 Å². The molecule has 0 aliphatic rings. The highest BCUT2D eigenvalue weighted by atomic mass is 16.1. The van der Waals surface area contributed by atoms with Crippen LogP contribution in [-0.4, -0.2) is 5.78 Å². The van der Waals surface area contributed by atoms with Gasteiger partial charge < -0.3 is 5.73 Å². The lowest BCUT2D eigenvalue weighted by Crippen LogP contribution is -2.18. The first-order valence-corrected chi connectivity index (χ1v) is 3.72. The lowest BCUT2D eigenvalue weighted by atomic mass is 10.0. The number of hydrogen-bond donors (Lipinski definition) is 1. The van der Waals surface area contributed by atoms with Crippen LogP contribution in [-0.2, 0) is 4.79 Å². The molecule has 0 fully saturated rings. The van der Waals surface area contributed by atoms with Crippen molar-refractivity contribution in [1.82, 2.24) is 0 Å². The van der Waals surface area contributed by atoms with Gasteiger partial charge in [-0.05, 0) is 11.6 Å². The highest BCUT2D eigenvalue weighted by Gasteiger charge is 2.10. The van der Waals surface area contributed by atoms with Gasteiger partial charge in [-0.3, -0.25) is 4.79 Å². The molecule has 0 spiro atoms. The Labute approximate surface area is 71.7 Å². The molecule has 1 aromatic rings. The average Bonchev–Trinajstić information content (AvgIpc) is 2.17. The molecule has 2 heteroatoms. The van der Waals surface area contributed by atoms with E-state index < -0.39 is 6.04 Å². The largest absolute Gasteiger partial charge is 0.318 e. The van der Waals surface area contributed by atoms with Gasteiger partial charge in [-0.15, -0.1) is 0 Å². The molecule has 0 amide bonds. The molecule has 2 N–H and O–H groups in total. The lowest BCUT2D eigenvalue weighted by molar-refractivity contribution is -0.115. The molecule has 12 heavy (non-hydrogen) atoms. The predicted molar refractivity (Wildman–Crippen MR) is 48.6 cm³/mol. The van der Waals surface area contributed by atoms with Gasteiger partial charge in [0.1, 0.15) is 0 Å². The van der Waals surface area contributed by atoms with E-state index in [1.807, 2.05) is 30.3 Å². The Hall–Kier alpha value is -1.41. The van der Waals surface area contributed by atoms with Crippen molar-refractivity contribution in [2.24, 2.45) is 5.73 Å². The van der Waals surface area contributed by atoms with E-state index >= 15 is 0 Å². The summed E-state index contributed by atoms with van der Waals surface area (Å²) >= 11 is 0. The summed E-state index contributed by atoms with van der Waals surface area (Å²) in [5, 5.41) is 0. The number of nitrogens with two attached hydrogens (primary N) is 1. The summed E-state index contributed by atoms with van der Waals surface area (Å²) < 4.78 is 0. The van der Waals surface area contributed by atoms with Crippen molar-refractivity contribution in [3.63, 3.8) is 0 Å². The Balaban J connectivity index is 2.85. The summed E-state index contributed by atoms with van der Waals surface area (Å²) in [6.45, 7) is 3.38. The molecule has 0 bridgehead atoms. The van der Waals surface area contributed by atoms with Crippen molar-refractivity contribution in [3.05, 3.63) is 48.6 Å². The zero-order valence-corrected chi connectivity index (χ0v) is 6.73. The van der Waals surface area contributed by atoms with Gasteiger partial charge in [0.25, 0.3) is 0 Å². The Kier molecular flexibility index (Phi) is 2.77. The summed E-state index contributed by atoms with van der Waals surface area (Å²) in [5.41, 5.74) is 6.45. The number of benzene rings is 1. The molecule has 0 radical (unpaired) electrons. The zero-order valence-electron chi connectivity index (χ0n) is 6.73. The number of ketones is 1. The smallest absolute Gasteiger partial charge is 0.176 e. The van der Waals surface area contributed by atoms with Gasteiger partial charge in [-0.1, -0.05) is 36.9 Å². The number of carbonyl (C=O) groups is 1. The summed E-state index contributed by atoms with van der Waals surface area (Å²) in [6.07, 6.45) is 1.25. The van der Waals surface area contributed by atoms with Crippen LogP contribution in [0.2, 0.25) is 0 Å². The standard InChI is InChI=1S/C10H11NO/c1-2-9(12)10(11)8-6-4-3-5-7-8/h2-7,10H,1,11H2/t10-/m1/s1. The van der Waals surface area contributed by atoms with E-state index in [4.69, 9.17) is 5.73 Å². The van der Waals surface area contributed by atoms with Gasteiger partial charge in [0, 0.05) is 0 Å². The van der Waals surface area contributed by atoms with Crippen LogP contribution < -0.4 is 5.73 Å². The third-order valence-corrected chi connectivity index (χ3v) is 1.67. The Bertz CT molecular complexity index is 279. The monoisotopic (exact) mass is 161 g/mol. The van der Waals surface area contributed by atoms with Crippen molar-refractivity contribution >= 4 is 5.78 Å². The van der Waals surface area contributed by atoms with E-state index in [9.17, 15) is 4.79 Å². The van der Waals surface area contributed by atoms with E-state index in [-0.39, 0.29) is 5.78 Å². The fourth-order valence-corrected chi connectivity index (χ4v) is 0.952. The molecule has 0 aliphatic carbocycles. The van der Waals surface area contributed by atoms with Crippen LogP contribution in [0, 0.1) is 0 Å². The van der Waals surface area contributed by atoms with Crippen LogP contribution >= 0.6 is 0 Å². The maximum absolute atomic E-state index is 11.1. The minimum Gasteiger partial charge on any atom is -0.318 e. The second-order valence-electron chi connectivity index (χ2n) is 2.49. The van der Waals surface area contributed by atoms with Crippen LogP contribution in [0.4, 0.5) is 0 Å². The molecule has 62 valence electrons. The molecule has 1 aromatic carbocycles. The van der Waals surface area contributed by atoms with Crippen molar-refractivity contribution in [1.29, 1.82) is 0 Å². The van der Waals surface area contributed by atoms with Crippen LogP contribution in [0.1, 0.15) is 11.6 Å². The fraction of sp³-hybridized carbons (Fsp3) is 0.100. The number of hydrogen-bond acceptors (Lipinski definition) is 2. The maximum atomic E-state index is 11.1. The van der Waals surface area contributed by atoms with Gasteiger partial charge in [0.05, 0.1) is 6.04 Å². The highest BCUT2D eigenvalue weighted by Crippen LogP contribution is 2.10. The molecular weight excluding hydrogens is 150 g/mol. The maximum Gasteiger partial charge on any atom is 0.176 e. The molecule has 0 aliphatic heterocycles. The van der Waals surface area contributed by atoms with Crippen molar-refractivity contribution in [2.45, 2.75) is 6.04 Å². The topological polar surface area (TPSA) is 43.1 Å². The van der Waals surface area contributed by atoms with Gasteiger partial charge in [0.15, 0.2) is 5.78 Å². The average molecular weight is 161 g/mol. The summed E-state index contributed by atoms with van der Waals surface area (Å²) in [4.78, 5) is 11.1. The molecule has 1 atom stereocenters. The van der Waals surface area contributed by atoms with Crippen LogP contribution in [0.25, 0.3) is 0 Å². The van der Waals surface area contributed by atoms with E-state index in [2.05, 4.69) is 6.58 Å². The third-order valence-electron chi connectivity index (χ3n) is 1.67. The first-order valence-electron chi connectivity index (χ1n) is 3.72. The van der Waals surface area contributed by atoms with Gasteiger partial charge >= 0.3 is 0 Å². The molecule has 0 unspecified atom stereocenters. The minimum absolute atomic E-state index is 0.152. The SMILES string of the molecule is C=CC(=O)[C@H](N)c1ccccc1. The van der Waals surface area contributed by atoms with Gasteiger partial charge in [-0.2, -0.15) is 0 Å². The Morgan fingerprint density at radius 1 is 1.42 bits per heavy atom. The Morgan fingerprint density at radius 2 is 2.00 bits per heavy atom. The molecule has 0 saturated heterocycles. The predicted octanol–water partition coefficient (Wildman–Crippen LogP) is 1.44.